The summed E-state index contributed by atoms with van der Waals surface area (Å²) < 4.78 is 0. The van der Waals surface area contributed by atoms with Gasteiger partial charge in [-0.15, -0.1) is 0 Å². The van der Waals surface area contributed by atoms with Crippen molar-refractivity contribution in [3.05, 3.63) is 12.3 Å². The highest BCUT2D eigenvalue weighted by Gasteiger charge is 2.12. The third kappa shape index (κ3) is 3.56. The van der Waals surface area contributed by atoms with Gasteiger partial charge in [0.1, 0.15) is 5.82 Å². The van der Waals surface area contributed by atoms with E-state index in [0.717, 1.165) is 0 Å². The average molecular weight is 238 g/mol. The number of amides is 1. The van der Waals surface area contributed by atoms with Crippen LogP contribution in [0.3, 0.4) is 0 Å². The van der Waals surface area contributed by atoms with Crippen molar-refractivity contribution in [2.24, 2.45) is 5.84 Å². The molecule has 1 aromatic rings. The van der Waals surface area contributed by atoms with Gasteiger partial charge < -0.3 is 9.80 Å². The van der Waals surface area contributed by atoms with Crippen LogP contribution < -0.4 is 16.2 Å². The monoisotopic (exact) mass is 238 g/mol. The Morgan fingerprint density at radius 3 is 2.76 bits per heavy atom. The quantitative estimate of drug-likeness (QED) is 0.540. The Bertz CT molecular complexity index is 381. The summed E-state index contributed by atoms with van der Waals surface area (Å²) >= 11 is 0. The van der Waals surface area contributed by atoms with Crippen molar-refractivity contribution >= 4 is 17.7 Å². The second-order valence-corrected chi connectivity index (χ2v) is 3.69. The maximum Gasteiger partial charge on any atom is 0.241 e. The Morgan fingerprint density at radius 1 is 1.53 bits per heavy atom. The number of carbonyl (C=O) groups is 1. The fourth-order valence-corrected chi connectivity index (χ4v) is 1.25. The standard InChI is InChI=1S/C10H18N6O/c1-4-16(7-9(17)15(2)3)8-5-6-12-10(13-8)14-11/h5-6H,4,7,11H2,1-3H3,(H,12,13,14). The topological polar surface area (TPSA) is 87.4 Å². The normalized spacial score (nSPS) is 9.88. The molecule has 0 aliphatic carbocycles. The van der Waals surface area contributed by atoms with Crippen molar-refractivity contribution in [1.29, 1.82) is 0 Å². The molecule has 1 amide bonds. The highest BCUT2D eigenvalue weighted by Crippen LogP contribution is 2.11. The van der Waals surface area contributed by atoms with Crippen LogP contribution in [0.15, 0.2) is 12.3 Å². The molecular formula is C10H18N6O. The SMILES string of the molecule is CCN(CC(=O)N(C)C)c1ccnc(NN)n1. The van der Waals surface area contributed by atoms with Crippen LogP contribution in [0.25, 0.3) is 0 Å². The van der Waals surface area contributed by atoms with Gasteiger partial charge in [0.25, 0.3) is 0 Å². The molecule has 0 bridgehead atoms. The van der Waals surface area contributed by atoms with Gasteiger partial charge in [-0.3, -0.25) is 10.2 Å². The molecule has 0 atom stereocenters. The van der Waals surface area contributed by atoms with Gasteiger partial charge in [0.15, 0.2) is 0 Å². The zero-order valence-electron chi connectivity index (χ0n) is 10.3. The largest absolute Gasteiger partial charge is 0.347 e. The number of hydrogen-bond donors (Lipinski definition) is 2. The lowest BCUT2D eigenvalue weighted by atomic mass is 10.4. The molecule has 17 heavy (non-hydrogen) atoms. The molecule has 1 aromatic heterocycles. The Hall–Kier alpha value is -1.89. The van der Waals surface area contributed by atoms with E-state index in [-0.39, 0.29) is 12.5 Å². The molecule has 0 unspecified atom stereocenters. The molecule has 0 aromatic carbocycles. The Labute approximate surface area is 101 Å². The van der Waals surface area contributed by atoms with E-state index in [4.69, 9.17) is 5.84 Å². The second kappa shape index (κ2) is 6.00. The number of anilines is 2. The number of aromatic nitrogens is 2. The zero-order chi connectivity index (χ0) is 12.8. The van der Waals surface area contributed by atoms with E-state index in [1.54, 1.807) is 31.3 Å². The molecule has 7 nitrogen and oxygen atoms in total. The number of carbonyl (C=O) groups excluding carboxylic acids is 1. The van der Waals surface area contributed by atoms with Crippen LogP contribution in [-0.2, 0) is 4.79 Å². The van der Waals surface area contributed by atoms with Crippen LogP contribution in [0.4, 0.5) is 11.8 Å². The van der Waals surface area contributed by atoms with Gasteiger partial charge in [-0.2, -0.15) is 4.98 Å². The van der Waals surface area contributed by atoms with Gasteiger partial charge in [0, 0.05) is 26.8 Å². The first-order valence-corrected chi connectivity index (χ1v) is 5.33. The van der Waals surface area contributed by atoms with Crippen LogP contribution in [0.1, 0.15) is 6.92 Å². The van der Waals surface area contributed by atoms with Crippen LogP contribution in [0.5, 0.6) is 0 Å². The third-order valence-electron chi connectivity index (χ3n) is 2.30. The van der Waals surface area contributed by atoms with Crippen molar-refractivity contribution in [3.63, 3.8) is 0 Å². The Balaban J connectivity index is 2.82. The van der Waals surface area contributed by atoms with E-state index in [0.29, 0.717) is 18.3 Å². The summed E-state index contributed by atoms with van der Waals surface area (Å²) in [7, 11) is 3.45. The van der Waals surface area contributed by atoms with Crippen molar-refractivity contribution in [2.75, 3.05) is 37.5 Å². The summed E-state index contributed by atoms with van der Waals surface area (Å²) in [6.07, 6.45) is 1.60. The van der Waals surface area contributed by atoms with Crippen LogP contribution in [0.2, 0.25) is 0 Å². The van der Waals surface area contributed by atoms with Crippen molar-refractivity contribution < 1.29 is 4.79 Å². The molecule has 1 heterocycles. The maximum atomic E-state index is 11.6. The Kier molecular flexibility index (Phi) is 4.65. The highest BCUT2D eigenvalue weighted by atomic mass is 16.2. The fourth-order valence-electron chi connectivity index (χ4n) is 1.25. The fraction of sp³-hybridized carbons (Fsp3) is 0.500. The summed E-state index contributed by atoms with van der Waals surface area (Å²) in [6.45, 7) is 2.92. The lowest BCUT2D eigenvalue weighted by Crippen LogP contribution is -2.37. The van der Waals surface area contributed by atoms with Gasteiger partial charge in [0.2, 0.25) is 11.9 Å². The van der Waals surface area contributed by atoms with Gasteiger partial charge in [-0.05, 0) is 13.0 Å². The molecule has 94 valence electrons. The number of rotatable bonds is 5. The molecule has 7 heteroatoms. The molecule has 0 saturated carbocycles. The minimum absolute atomic E-state index is 0.0210. The summed E-state index contributed by atoms with van der Waals surface area (Å²) in [5.41, 5.74) is 2.38. The van der Waals surface area contributed by atoms with E-state index >= 15 is 0 Å². The second-order valence-electron chi connectivity index (χ2n) is 3.69. The predicted molar refractivity (Wildman–Crippen MR) is 66.4 cm³/mol. The van der Waals surface area contributed by atoms with Gasteiger partial charge >= 0.3 is 0 Å². The molecule has 0 spiro atoms. The van der Waals surface area contributed by atoms with Crippen LogP contribution in [0, 0.1) is 0 Å². The minimum atomic E-state index is 0.0210. The number of hydrazine groups is 1. The van der Waals surface area contributed by atoms with Crippen LogP contribution >= 0.6 is 0 Å². The molecule has 0 saturated heterocycles. The molecular weight excluding hydrogens is 220 g/mol. The first-order valence-electron chi connectivity index (χ1n) is 5.33. The molecule has 0 aliphatic heterocycles. The van der Waals surface area contributed by atoms with E-state index in [9.17, 15) is 4.79 Å². The van der Waals surface area contributed by atoms with Gasteiger partial charge in [-0.1, -0.05) is 0 Å². The number of nitrogen functional groups attached to an aromatic ring is 1. The third-order valence-corrected chi connectivity index (χ3v) is 2.30. The smallest absolute Gasteiger partial charge is 0.241 e. The lowest BCUT2D eigenvalue weighted by molar-refractivity contribution is -0.127. The van der Waals surface area contributed by atoms with Crippen LogP contribution in [-0.4, -0.2) is 48.0 Å². The first-order chi connectivity index (χ1) is 8.08. The average Bonchev–Trinajstić information content (AvgIpc) is 2.35. The summed E-state index contributed by atoms with van der Waals surface area (Å²) in [5, 5.41) is 0. The van der Waals surface area contributed by atoms with Crippen molar-refractivity contribution in [2.45, 2.75) is 6.92 Å². The van der Waals surface area contributed by atoms with Gasteiger partial charge in [-0.25, -0.2) is 10.8 Å². The molecule has 1 rings (SSSR count). The molecule has 3 N–H and O–H groups in total. The van der Waals surface area contributed by atoms with Crippen molar-refractivity contribution in [3.8, 4) is 0 Å². The highest BCUT2D eigenvalue weighted by molar-refractivity contribution is 5.80. The first kappa shape index (κ1) is 13.2. The van der Waals surface area contributed by atoms with E-state index in [2.05, 4.69) is 15.4 Å². The number of hydrogen-bond acceptors (Lipinski definition) is 6. The number of nitrogens with two attached hydrogens (primary N) is 1. The predicted octanol–water partition coefficient (Wildman–Crippen LogP) is -0.323. The summed E-state index contributed by atoms with van der Waals surface area (Å²) in [6, 6.07) is 1.74. The molecule has 0 radical (unpaired) electrons. The van der Waals surface area contributed by atoms with Crippen molar-refractivity contribution in [1.82, 2.24) is 14.9 Å². The maximum absolute atomic E-state index is 11.6. The molecule has 0 fully saturated rings. The number of likely N-dealkylation sites (N-methyl/N-ethyl adjacent to an activating group) is 2. The van der Waals surface area contributed by atoms with E-state index in [1.165, 1.54) is 0 Å². The number of nitrogens with one attached hydrogen (secondary N) is 1. The number of nitrogens with zero attached hydrogens (tertiary/aromatic N) is 4. The lowest BCUT2D eigenvalue weighted by Gasteiger charge is -2.23. The Morgan fingerprint density at radius 2 is 2.24 bits per heavy atom. The summed E-state index contributed by atoms with van der Waals surface area (Å²) in [4.78, 5) is 23.1. The van der Waals surface area contributed by atoms with Gasteiger partial charge in [0.05, 0.1) is 6.54 Å². The zero-order valence-corrected chi connectivity index (χ0v) is 10.3. The summed E-state index contributed by atoms with van der Waals surface area (Å²) in [5.74, 6) is 6.27. The van der Waals surface area contributed by atoms with E-state index < -0.39 is 0 Å². The minimum Gasteiger partial charge on any atom is -0.347 e. The molecule has 0 aliphatic rings. The van der Waals surface area contributed by atoms with E-state index in [1.807, 2.05) is 11.8 Å².